The minimum atomic E-state index is -0.334. The zero-order valence-corrected chi connectivity index (χ0v) is 13.4. The largest absolute Gasteiger partial charge is 0.507 e. The summed E-state index contributed by atoms with van der Waals surface area (Å²) in [5.74, 6) is 0.939. The van der Waals surface area contributed by atoms with Crippen molar-refractivity contribution in [2.45, 2.75) is 0 Å². The predicted molar refractivity (Wildman–Crippen MR) is 91.9 cm³/mol. The number of nitrogens with one attached hydrogen (secondary N) is 2. The second-order valence-corrected chi connectivity index (χ2v) is 4.77. The summed E-state index contributed by atoms with van der Waals surface area (Å²) in [7, 11) is 3.09. The van der Waals surface area contributed by atoms with Crippen LogP contribution in [0.2, 0.25) is 0 Å². The standard InChI is InChI=1S/C17H19N3O4/c1-23-13-7-8-15(21)12(9-13)10-19-20-17(22)11-18-14-5-3-4-6-16(14)24-2/h3-10,18,21H,11H2,1-2H3,(H,20,22)/b19-10+. The summed E-state index contributed by atoms with van der Waals surface area (Å²) >= 11 is 0. The molecule has 0 aliphatic rings. The summed E-state index contributed by atoms with van der Waals surface area (Å²) in [5.41, 5.74) is 3.53. The molecule has 0 aliphatic carbocycles. The van der Waals surface area contributed by atoms with Gasteiger partial charge in [0.2, 0.25) is 0 Å². The highest BCUT2D eigenvalue weighted by Gasteiger charge is 2.04. The van der Waals surface area contributed by atoms with Crippen LogP contribution in [-0.2, 0) is 4.79 Å². The molecule has 0 heterocycles. The van der Waals surface area contributed by atoms with E-state index in [-0.39, 0.29) is 18.2 Å². The predicted octanol–water partition coefficient (Wildman–Crippen LogP) is 1.97. The molecular formula is C17H19N3O4. The minimum Gasteiger partial charge on any atom is -0.507 e. The second kappa shape index (κ2) is 8.42. The molecule has 7 nitrogen and oxygen atoms in total. The van der Waals surface area contributed by atoms with Crippen LogP contribution in [0.25, 0.3) is 0 Å². The van der Waals surface area contributed by atoms with E-state index < -0.39 is 0 Å². The summed E-state index contributed by atoms with van der Waals surface area (Å²) in [6, 6.07) is 12.0. The number of methoxy groups -OCH3 is 2. The Bertz CT molecular complexity index is 732. The number of anilines is 1. The molecule has 0 aliphatic heterocycles. The molecule has 0 radical (unpaired) electrons. The number of nitrogens with zero attached hydrogens (tertiary/aromatic N) is 1. The van der Waals surface area contributed by atoms with E-state index in [0.29, 0.717) is 22.7 Å². The maximum atomic E-state index is 11.8. The summed E-state index contributed by atoms with van der Waals surface area (Å²) in [5, 5.41) is 16.5. The Labute approximate surface area is 139 Å². The Kier molecular flexibility index (Phi) is 6.01. The summed E-state index contributed by atoms with van der Waals surface area (Å²) < 4.78 is 10.3. The van der Waals surface area contributed by atoms with Gasteiger partial charge in [-0.1, -0.05) is 12.1 Å². The number of hydrazone groups is 1. The first kappa shape index (κ1) is 17.1. The molecule has 0 atom stereocenters. The Morgan fingerprint density at radius 1 is 1.21 bits per heavy atom. The lowest BCUT2D eigenvalue weighted by Crippen LogP contribution is -2.26. The molecule has 0 unspecified atom stereocenters. The first-order chi connectivity index (χ1) is 11.6. The number of rotatable bonds is 7. The van der Waals surface area contributed by atoms with Gasteiger partial charge in [0.15, 0.2) is 0 Å². The van der Waals surface area contributed by atoms with Gasteiger partial charge in [-0.05, 0) is 30.3 Å². The SMILES string of the molecule is COc1ccc(O)c(/C=N/NC(=O)CNc2ccccc2OC)c1. The van der Waals surface area contributed by atoms with E-state index in [0.717, 1.165) is 0 Å². The summed E-state index contributed by atoms with van der Waals surface area (Å²) in [6.07, 6.45) is 1.35. The van der Waals surface area contributed by atoms with Crippen LogP contribution in [-0.4, -0.2) is 38.0 Å². The maximum Gasteiger partial charge on any atom is 0.259 e. The van der Waals surface area contributed by atoms with Gasteiger partial charge in [-0.25, -0.2) is 5.43 Å². The number of benzene rings is 2. The fraction of sp³-hybridized carbons (Fsp3) is 0.176. The van der Waals surface area contributed by atoms with Crippen LogP contribution < -0.4 is 20.2 Å². The third-order valence-corrected chi connectivity index (χ3v) is 3.17. The van der Waals surface area contributed by atoms with Gasteiger partial charge in [-0.15, -0.1) is 0 Å². The number of carbonyl (C=O) groups excluding carboxylic acids is 1. The number of ether oxygens (including phenoxy) is 2. The van der Waals surface area contributed by atoms with Crippen LogP contribution in [0.4, 0.5) is 5.69 Å². The smallest absolute Gasteiger partial charge is 0.259 e. The maximum absolute atomic E-state index is 11.8. The highest BCUT2D eigenvalue weighted by atomic mass is 16.5. The van der Waals surface area contributed by atoms with Gasteiger partial charge in [0.25, 0.3) is 5.91 Å². The number of phenolic OH excluding ortho intramolecular Hbond substituents is 1. The highest BCUT2D eigenvalue weighted by Crippen LogP contribution is 2.22. The highest BCUT2D eigenvalue weighted by molar-refractivity contribution is 5.86. The molecule has 1 amide bonds. The molecule has 24 heavy (non-hydrogen) atoms. The zero-order valence-electron chi connectivity index (χ0n) is 13.4. The van der Waals surface area contributed by atoms with E-state index in [9.17, 15) is 9.90 Å². The van der Waals surface area contributed by atoms with Crippen molar-refractivity contribution in [3.8, 4) is 17.2 Å². The monoisotopic (exact) mass is 329 g/mol. The number of amides is 1. The molecule has 0 aromatic heterocycles. The Balaban J connectivity index is 1.89. The molecule has 7 heteroatoms. The molecule has 2 aromatic carbocycles. The Morgan fingerprint density at radius 3 is 2.75 bits per heavy atom. The second-order valence-electron chi connectivity index (χ2n) is 4.77. The number of phenols is 1. The Hall–Kier alpha value is -3.22. The van der Waals surface area contributed by atoms with Gasteiger partial charge in [-0.2, -0.15) is 5.10 Å². The molecule has 2 rings (SSSR count). The van der Waals surface area contributed by atoms with Crippen LogP contribution in [0.5, 0.6) is 17.2 Å². The topological polar surface area (TPSA) is 92.2 Å². The van der Waals surface area contributed by atoms with E-state index in [1.54, 1.807) is 25.3 Å². The first-order valence-electron chi connectivity index (χ1n) is 7.20. The molecule has 0 spiro atoms. The van der Waals surface area contributed by atoms with Crippen molar-refractivity contribution in [2.24, 2.45) is 5.10 Å². The molecule has 2 aromatic rings. The third kappa shape index (κ3) is 4.64. The van der Waals surface area contributed by atoms with Gasteiger partial charge in [0, 0.05) is 5.56 Å². The molecule has 126 valence electrons. The zero-order chi connectivity index (χ0) is 17.4. The summed E-state index contributed by atoms with van der Waals surface area (Å²) in [4.78, 5) is 11.8. The quantitative estimate of drug-likeness (QED) is 0.533. The van der Waals surface area contributed by atoms with Crippen LogP contribution in [0.15, 0.2) is 47.6 Å². The van der Waals surface area contributed by atoms with Crippen molar-refractivity contribution in [3.05, 3.63) is 48.0 Å². The van der Waals surface area contributed by atoms with Gasteiger partial charge >= 0.3 is 0 Å². The van der Waals surface area contributed by atoms with Gasteiger partial charge < -0.3 is 19.9 Å². The van der Waals surface area contributed by atoms with Crippen LogP contribution in [0.3, 0.4) is 0 Å². The van der Waals surface area contributed by atoms with E-state index in [2.05, 4.69) is 15.8 Å². The van der Waals surface area contributed by atoms with E-state index in [4.69, 9.17) is 9.47 Å². The number of hydrogen-bond acceptors (Lipinski definition) is 6. The van der Waals surface area contributed by atoms with Crippen molar-refractivity contribution in [3.63, 3.8) is 0 Å². The van der Waals surface area contributed by atoms with Crippen molar-refractivity contribution in [2.75, 3.05) is 26.1 Å². The van der Waals surface area contributed by atoms with E-state index >= 15 is 0 Å². The molecule has 0 bridgehead atoms. The van der Waals surface area contributed by atoms with Gasteiger partial charge in [0.05, 0.1) is 32.7 Å². The minimum absolute atomic E-state index is 0.0296. The normalized spacial score (nSPS) is 10.4. The van der Waals surface area contributed by atoms with E-state index in [1.165, 1.54) is 19.4 Å². The third-order valence-electron chi connectivity index (χ3n) is 3.17. The fourth-order valence-electron chi connectivity index (χ4n) is 1.94. The summed E-state index contributed by atoms with van der Waals surface area (Å²) in [6.45, 7) is 0.0296. The van der Waals surface area contributed by atoms with Crippen molar-refractivity contribution < 1.29 is 19.4 Å². The fourth-order valence-corrected chi connectivity index (χ4v) is 1.94. The molecule has 0 saturated carbocycles. The average Bonchev–Trinajstić information content (AvgIpc) is 2.61. The first-order valence-corrected chi connectivity index (χ1v) is 7.20. The van der Waals surface area contributed by atoms with Crippen LogP contribution in [0.1, 0.15) is 5.56 Å². The lowest BCUT2D eigenvalue weighted by molar-refractivity contribution is -0.119. The van der Waals surface area contributed by atoms with Crippen LogP contribution >= 0.6 is 0 Å². The molecule has 0 fully saturated rings. The Morgan fingerprint density at radius 2 is 2.00 bits per heavy atom. The number of aromatic hydroxyl groups is 1. The van der Waals surface area contributed by atoms with Gasteiger partial charge in [0.1, 0.15) is 17.2 Å². The van der Waals surface area contributed by atoms with Crippen molar-refractivity contribution in [1.82, 2.24) is 5.43 Å². The van der Waals surface area contributed by atoms with Crippen LogP contribution in [0, 0.1) is 0 Å². The molecule has 3 N–H and O–H groups in total. The lowest BCUT2D eigenvalue weighted by Gasteiger charge is -2.09. The number of carbonyl (C=O) groups is 1. The lowest BCUT2D eigenvalue weighted by atomic mass is 10.2. The van der Waals surface area contributed by atoms with Crippen molar-refractivity contribution in [1.29, 1.82) is 0 Å². The van der Waals surface area contributed by atoms with Gasteiger partial charge in [-0.3, -0.25) is 4.79 Å². The number of para-hydroxylation sites is 2. The number of hydrogen-bond donors (Lipinski definition) is 3. The van der Waals surface area contributed by atoms with Crippen molar-refractivity contribution >= 4 is 17.8 Å². The molecule has 0 saturated heterocycles. The average molecular weight is 329 g/mol. The van der Waals surface area contributed by atoms with E-state index in [1.807, 2.05) is 18.2 Å². The molecular weight excluding hydrogens is 310 g/mol.